The summed E-state index contributed by atoms with van der Waals surface area (Å²) < 4.78 is 2.08. The van der Waals surface area contributed by atoms with Gasteiger partial charge in [-0.05, 0) is 30.5 Å². The number of hydrogen-bond donors (Lipinski definition) is 0. The number of aryl methyl sites for hydroxylation is 1. The second-order valence-corrected chi connectivity index (χ2v) is 8.19. The molecule has 7 heteroatoms. The van der Waals surface area contributed by atoms with E-state index in [4.69, 9.17) is 4.98 Å². The Morgan fingerprint density at radius 1 is 1.13 bits per heavy atom. The molecule has 0 saturated carbocycles. The van der Waals surface area contributed by atoms with Gasteiger partial charge in [0.15, 0.2) is 5.65 Å². The smallest absolute Gasteiger partial charge is 0.237 e. The first-order chi connectivity index (χ1) is 14.8. The summed E-state index contributed by atoms with van der Waals surface area (Å²) in [5.41, 5.74) is 4.85. The molecule has 0 fully saturated rings. The van der Waals surface area contributed by atoms with Crippen LogP contribution in [0.3, 0.4) is 0 Å². The summed E-state index contributed by atoms with van der Waals surface area (Å²) in [6, 6.07) is 16.2. The second-order valence-electron chi connectivity index (χ2n) is 7.25. The molecule has 3 heterocycles. The molecule has 2 aromatic carbocycles. The number of aromatic nitrogens is 4. The Labute approximate surface area is 178 Å². The zero-order valence-corrected chi connectivity index (χ0v) is 17.3. The van der Waals surface area contributed by atoms with Crippen molar-refractivity contribution < 1.29 is 4.79 Å². The molecule has 0 saturated heterocycles. The van der Waals surface area contributed by atoms with Crippen molar-refractivity contribution in [3.63, 3.8) is 0 Å². The monoisotopic (exact) mass is 415 g/mol. The number of amides is 1. The minimum Gasteiger partial charge on any atom is -0.320 e. The van der Waals surface area contributed by atoms with E-state index in [1.54, 1.807) is 0 Å². The molecule has 0 radical (unpaired) electrons. The summed E-state index contributed by atoms with van der Waals surface area (Å²) in [4.78, 5) is 19.5. The Hall–Kier alpha value is -3.19. The number of para-hydroxylation sites is 2. The highest BCUT2D eigenvalue weighted by Crippen LogP contribution is 2.29. The Morgan fingerprint density at radius 2 is 1.97 bits per heavy atom. The highest BCUT2D eigenvalue weighted by molar-refractivity contribution is 7.99. The minimum atomic E-state index is 0.0717. The molecule has 5 rings (SSSR count). The summed E-state index contributed by atoms with van der Waals surface area (Å²) in [6.45, 7) is 5.25. The van der Waals surface area contributed by atoms with Gasteiger partial charge < -0.3 is 9.47 Å². The largest absolute Gasteiger partial charge is 0.320 e. The summed E-state index contributed by atoms with van der Waals surface area (Å²) in [5, 5.41) is 10.2. The van der Waals surface area contributed by atoms with E-state index in [2.05, 4.69) is 27.4 Å². The number of fused-ring (bicyclic) bond motifs is 4. The normalized spacial score (nSPS) is 13.5. The van der Waals surface area contributed by atoms with Gasteiger partial charge >= 0.3 is 0 Å². The van der Waals surface area contributed by atoms with E-state index in [-0.39, 0.29) is 11.7 Å². The molecule has 0 atom stereocenters. The van der Waals surface area contributed by atoms with E-state index >= 15 is 0 Å². The fraction of sp³-hybridized carbons (Fsp3) is 0.217. The number of rotatable bonds is 5. The lowest BCUT2D eigenvalue weighted by Crippen LogP contribution is -2.36. The summed E-state index contributed by atoms with van der Waals surface area (Å²) in [5.74, 6) is 0.353. The lowest BCUT2D eigenvalue weighted by atomic mass is 10.0. The van der Waals surface area contributed by atoms with Crippen LogP contribution in [-0.4, -0.2) is 38.0 Å². The van der Waals surface area contributed by atoms with Gasteiger partial charge in [0.1, 0.15) is 5.52 Å². The van der Waals surface area contributed by atoms with Crippen molar-refractivity contribution in [2.75, 3.05) is 17.2 Å². The molecule has 1 aliphatic rings. The maximum atomic E-state index is 12.9. The van der Waals surface area contributed by atoms with Crippen LogP contribution in [0.2, 0.25) is 0 Å². The van der Waals surface area contributed by atoms with E-state index in [0.29, 0.717) is 11.7 Å². The third-order valence-corrected chi connectivity index (χ3v) is 6.22. The first kappa shape index (κ1) is 18.8. The van der Waals surface area contributed by atoms with E-state index in [1.165, 1.54) is 17.3 Å². The highest BCUT2D eigenvalue weighted by atomic mass is 32.2. The van der Waals surface area contributed by atoms with Gasteiger partial charge in [-0.3, -0.25) is 4.79 Å². The van der Waals surface area contributed by atoms with Crippen molar-refractivity contribution in [1.29, 1.82) is 0 Å². The van der Waals surface area contributed by atoms with Crippen LogP contribution < -0.4 is 4.90 Å². The van der Waals surface area contributed by atoms with Crippen molar-refractivity contribution in [1.82, 2.24) is 19.7 Å². The van der Waals surface area contributed by atoms with Gasteiger partial charge in [-0.25, -0.2) is 4.98 Å². The van der Waals surface area contributed by atoms with Crippen molar-refractivity contribution in [3.05, 3.63) is 66.7 Å². The van der Waals surface area contributed by atoms with Crippen molar-refractivity contribution in [3.8, 4) is 0 Å². The fourth-order valence-corrected chi connectivity index (χ4v) is 4.72. The molecular weight excluding hydrogens is 394 g/mol. The predicted molar refractivity (Wildman–Crippen MR) is 121 cm³/mol. The Morgan fingerprint density at radius 3 is 2.87 bits per heavy atom. The molecular formula is C23H21N5OS. The first-order valence-electron chi connectivity index (χ1n) is 10.00. The van der Waals surface area contributed by atoms with E-state index in [0.717, 1.165) is 47.1 Å². The van der Waals surface area contributed by atoms with Crippen LogP contribution in [0.4, 0.5) is 5.69 Å². The fourth-order valence-electron chi connectivity index (χ4n) is 4.06. The topological polar surface area (TPSA) is 63.9 Å². The summed E-state index contributed by atoms with van der Waals surface area (Å²) in [7, 11) is 0. The number of hydrogen-bond acceptors (Lipinski definition) is 5. The third kappa shape index (κ3) is 3.25. The van der Waals surface area contributed by atoms with Gasteiger partial charge in [0.2, 0.25) is 11.1 Å². The molecule has 0 bridgehead atoms. The number of benzene rings is 2. The molecule has 6 nitrogen and oxygen atoms in total. The van der Waals surface area contributed by atoms with E-state index < -0.39 is 0 Å². The molecule has 150 valence electrons. The molecule has 0 spiro atoms. The average molecular weight is 416 g/mol. The molecule has 4 aromatic rings. The highest BCUT2D eigenvalue weighted by Gasteiger charge is 2.22. The van der Waals surface area contributed by atoms with Crippen molar-refractivity contribution >= 4 is 45.4 Å². The maximum absolute atomic E-state index is 12.9. The molecule has 0 N–H and O–H groups in total. The van der Waals surface area contributed by atoms with Gasteiger partial charge in [0.05, 0.1) is 11.3 Å². The number of carbonyl (C=O) groups excluding carboxylic acids is 1. The standard InChI is InChI=1S/C23H21N5OS/c1-2-13-28-19-12-6-4-10-17(19)21-22(28)24-23(26-25-21)30-15-20(29)27-14-7-9-16-8-3-5-11-18(16)27/h2-6,8,10-12H,1,7,9,13-15H2. The summed E-state index contributed by atoms with van der Waals surface area (Å²) >= 11 is 1.33. The van der Waals surface area contributed by atoms with Crippen LogP contribution in [0.5, 0.6) is 0 Å². The van der Waals surface area contributed by atoms with Crippen LogP contribution in [0.1, 0.15) is 12.0 Å². The zero-order valence-electron chi connectivity index (χ0n) is 16.5. The molecule has 0 unspecified atom stereocenters. The van der Waals surface area contributed by atoms with Gasteiger partial charge in [0, 0.05) is 24.2 Å². The molecule has 0 aliphatic carbocycles. The lowest BCUT2D eigenvalue weighted by molar-refractivity contribution is -0.116. The van der Waals surface area contributed by atoms with Crippen molar-refractivity contribution in [2.24, 2.45) is 0 Å². The predicted octanol–water partition coefficient (Wildman–Crippen LogP) is 4.24. The molecule has 1 aliphatic heterocycles. The van der Waals surface area contributed by atoms with Gasteiger partial charge in [-0.1, -0.05) is 54.2 Å². The first-order valence-corrected chi connectivity index (χ1v) is 11.0. The summed E-state index contributed by atoms with van der Waals surface area (Å²) in [6.07, 6.45) is 3.85. The van der Waals surface area contributed by atoms with Crippen LogP contribution in [0.15, 0.2) is 66.3 Å². The average Bonchev–Trinajstić information content (AvgIpc) is 3.10. The quantitative estimate of drug-likeness (QED) is 0.360. The third-order valence-electron chi connectivity index (χ3n) is 5.40. The zero-order chi connectivity index (χ0) is 20.5. The Bertz CT molecular complexity index is 1270. The number of anilines is 1. The number of thioether (sulfide) groups is 1. The van der Waals surface area contributed by atoms with Gasteiger partial charge in [-0.15, -0.1) is 16.8 Å². The van der Waals surface area contributed by atoms with Crippen molar-refractivity contribution in [2.45, 2.75) is 24.5 Å². The van der Waals surface area contributed by atoms with Crippen LogP contribution >= 0.6 is 11.8 Å². The van der Waals surface area contributed by atoms with Crippen LogP contribution in [0.25, 0.3) is 22.1 Å². The van der Waals surface area contributed by atoms with Crippen LogP contribution in [-0.2, 0) is 17.8 Å². The second kappa shape index (κ2) is 7.91. The minimum absolute atomic E-state index is 0.0717. The molecule has 1 amide bonds. The number of carbonyl (C=O) groups is 1. The number of nitrogens with zero attached hydrogens (tertiary/aromatic N) is 5. The SMILES string of the molecule is C=CCn1c2ccccc2c2nnc(SCC(=O)N3CCCc4ccccc43)nc21. The molecule has 2 aromatic heterocycles. The van der Waals surface area contributed by atoms with E-state index in [9.17, 15) is 4.79 Å². The van der Waals surface area contributed by atoms with Gasteiger partial charge in [0.25, 0.3) is 0 Å². The Kier molecular flexibility index (Phi) is 4.96. The Balaban J connectivity index is 1.41. The lowest BCUT2D eigenvalue weighted by Gasteiger charge is -2.29. The maximum Gasteiger partial charge on any atom is 0.237 e. The van der Waals surface area contributed by atoms with Crippen LogP contribution in [0, 0.1) is 0 Å². The molecule has 30 heavy (non-hydrogen) atoms. The van der Waals surface area contributed by atoms with E-state index in [1.807, 2.05) is 53.4 Å². The van der Waals surface area contributed by atoms with Gasteiger partial charge in [-0.2, -0.15) is 0 Å². The number of allylic oxidation sites excluding steroid dienone is 1.